The fourth-order valence-corrected chi connectivity index (χ4v) is 2.15. The van der Waals surface area contributed by atoms with Gasteiger partial charge in [0.05, 0.1) is 12.1 Å². The van der Waals surface area contributed by atoms with Crippen molar-refractivity contribution in [3.8, 4) is 11.5 Å². The second kappa shape index (κ2) is 7.65. The van der Waals surface area contributed by atoms with Crippen molar-refractivity contribution in [3.63, 3.8) is 0 Å². The Labute approximate surface area is 137 Å². The van der Waals surface area contributed by atoms with E-state index in [4.69, 9.17) is 26.2 Å². The zero-order valence-corrected chi connectivity index (χ0v) is 13.0. The lowest BCUT2D eigenvalue weighted by atomic mass is 10.1. The topological polar surface area (TPSA) is 55.8 Å². The van der Waals surface area contributed by atoms with Gasteiger partial charge >= 0.3 is 5.97 Å². The van der Waals surface area contributed by atoms with Crippen molar-refractivity contribution < 1.29 is 23.8 Å². The van der Waals surface area contributed by atoms with E-state index >= 15 is 0 Å². The molecule has 4 nitrogen and oxygen atoms in total. The standard InChI is InChI=1S/C17H14ClFO4/c1-22-15-5-2-11(3-7-17(20)21)8-12(15)10-23-16-6-4-13(19)9-14(16)18/h2-9H,10H2,1H3,(H,20,21)/b7-3+. The summed E-state index contributed by atoms with van der Waals surface area (Å²) in [6, 6.07) is 9.05. The summed E-state index contributed by atoms with van der Waals surface area (Å²) in [6.45, 7) is 0.142. The van der Waals surface area contributed by atoms with Crippen LogP contribution in [0.3, 0.4) is 0 Å². The Kier molecular flexibility index (Phi) is 5.60. The molecule has 0 spiro atoms. The van der Waals surface area contributed by atoms with Gasteiger partial charge in [-0.15, -0.1) is 0 Å². The maximum Gasteiger partial charge on any atom is 0.328 e. The van der Waals surface area contributed by atoms with E-state index in [0.29, 0.717) is 22.6 Å². The molecule has 0 saturated heterocycles. The van der Waals surface area contributed by atoms with Crippen LogP contribution in [0.25, 0.3) is 6.08 Å². The first-order chi connectivity index (χ1) is 11.0. The Hall–Kier alpha value is -2.53. The van der Waals surface area contributed by atoms with Gasteiger partial charge in [-0.1, -0.05) is 17.7 Å². The van der Waals surface area contributed by atoms with Crippen molar-refractivity contribution in [2.24, 2.45) is 0 Å². The average Bonchev–Trinajstić information content (AvgIpc) is 2.52. The molecule has 0 unspecified atom stereocenters. The Balaban J connectivity index is 2.20. The predicted octanol–water partition coefficient (Wildman–Crippen LogP) is 4.16. The smallest absolute Gasteiger partial charge is 0.328 e. The van der Waals surface area contributed by atoms with E-state index in [1.54, 1.807) is 18.2 Å². The molecule has 0 amide bonds. The summed E-state index contributed by atoms with van der Waals surface area (Å²) in [5.41, 5.74) is 1.40. The van der Waals surface area contributed by atoms with Gasteiger partial charge in [0.2, 0.25) is 0 Å². The minimum absolute atomic E-state index is 0.142. The van der Waals surface area contributed by atoms with E-state index in [2.05, 4.69) is 0 Å². The molecule has 2 rings (SSSR count). The number of hydrogen-bond donors (Lipinski definition) is 1. The van der Waals surface area contributed by atoms with Crippen molar-refractivity contribution in [2.45, 2.75) is 6.61 Å². The summed E-state index contributed by atoms with van der Waals surface area (Å²) in [7, 11) is 1.52. The van der Waals surface area contributed by atoms with E-state index in [9.17, 15) is 9.18 Å². The summed E-state index contributed by atoms with van der Waals surface area (Å²) in [4.78, 5) is 10.6. The molecule has 6 heteroatoms. The van der Waals surface area contributed by atoms with Crippen LogP contribution in [0, 0.1) is 5.82 Å². The molecule has 23 heavy (non-hydrogen) atoms. The maximum atomic E-state index is 13.0. The van der Waals surface area contributed by atoms with Crippen LogP contribution >= 0.6 is 11.6 Å². The number of carboxylic acids is 1. The van der Waals surface area contributed by atoms with E-state index in [-0.39, 0.29) is 11.6 Å². The zero-order valence-electron chi connectivity index (χ0n) is 12.3. The van der Waals surface area contributed by atoms with Gasteiger partial charge in [0.15, 0.2) is 0 Å². The molecule has 0 atom stereocenters. The molecule has 0 aliphatic heterocycles. The fourth-order valence-electron chi connectivity index (χ4n) is 1.93. The third-order valence-corrected chi connectivity index (χ3v) is 3.30. The third-order valence-electron chi connectivity index (χ3n) is 3.00. The molecular formula is C17H14ClFO4. The van der Waals surface area contributed by atoms with Crippen LogP contribution in [-0.2, 0) is 11.4 Å². The molecule has 1 N–H and O–H groups in total. The fraction of sp³-hybridized carbons (Fsp3) is 0.118. The van der Waals surface area contributed by atoms with Gasteiger partial charge in [-0.05, 0) is 42.0 Å². The Morgan fingerprint density at radius 2 is 2.00 bits per heavy atom. The van der Waals surface area contributed by atoms with Crippen LogP contribution in [0.1, 0.15) is 11.1 Å². The first kappa shape index (κ1) is 16.8. The zero-order chi connectivity index (χ0) is 16.8. The quantitative estimate of drug-likeness (QED) is 0.805. The van der Waals surface area contributed by atoms with E-state index in [1.807, 2.05) is 0 Å². The molecule has 0 heterocycles. The number of benzene rings is 2. The number of halogens is 2. The molecule has 0 radical (unpaired) electrons. The lowest BCUT2D eigenvalue weighted by Gasteiger charge is -2.12. The minimum atomic E-state index is -1.03. The summed E-state index contributed by atoms with van der Waals surface area (Å²) in [5, 5.41) is 8.84. The number of carboxylic acid groups (broad SMARTS) is 1. The number of aliphatic carboxylic acids is 1. The Morgan fingerprint density at radius 1 is 1.26 bits per heavy atom. The van der Waals surface area contributed by atoms with Crippen molar-refractivity contribution in [1.29, 1.82) is 0 Å². The second-order valence-corrected chi connectivity index (χ2v) is 5.01. The van der Waals surface area contributed by atoms with Crippen LogP contribution in [0.5, 0.6) is 11.5 Å². The van der Waals surface area contributed by atoms with Crippen LogP contribution in [0.15, 0.2) is 42.5 Å². The molecule has 0 aliphatic rings. The number of rotatable bonds is 6. The van der Waals surface area contributed by atoms with Gasteiger partial charge < -0.3 is 14.6 Å². The molecule has 2 aromatic carbocycles. The molecule has 0 fully saturated rings. The van der Waals surface area contributed by atoms with Crippen LogP contribution < -0.4 is 9.47 Å². The van der Waals surface area contributed by atoms with Gasteiger partial charge in [-0.25, -0.2) is 9.18 Å². The van der Waals surface area contributed by atoms with E-state index in [0.717, 1.165) is 6.08 Å². The van der Waals surface area contributed by atoms with Crippen LogP contribution in [-0.4, -0.2) is 18.2 Å². The molecule has 2 aromatic rings. The van der Waals surface area contributed by atoms with Crippen molar-refractivity contribution in [2.75, 3.05) is 7.11 Å². The number of carbonyl (C=O) groups is 1. The average molecular weight is 337 g/mol. The summed E-state index contributed by atoms with van der Waals surface area (Å²) in [6.07, 6.45) is 2.51. The highest BCUT2D eigenvalue weighted by atomic mass is 35.5. The third kappa shape index (κ3) is 4.72. The summed E-state index contributed by atoms with van der Waals surface area (Å²) in [5.74, 6) is -0.533. The number of hydrogen-bond acceptors (Lipinski definition) is 3. The summed E-state index contributed by atoms with van der Waals surface area (Å²) < 4.78 is 23.8. The van der Waals surface area contributed by atoms with Gasteiger partial charge in [-0.3, -0.25) is 0 Å². The largest absolute Gasteiger partial charge is 0.496 e. The van der Waals surface area contributed by atoms with Gasteiger partial charge in [0, 0.05) is 11.6 Å². The normalized spacial score (nSPS) is 10.7. The summed E-state index contributed by atoms with van der Waals surface area (Å²) >= 11 is 5.91. The SMILES string of the molecule is COc1ccc(/C=C/C(=O)O)cc1COc1ccc(F)cc1Cl. The molecule has 0 aromatic heterocycles. The molecule has 0 aliphatic carbocycles. The van der Waals surface area contributed by atoms with Crippen molar-refractivity contribution >= 4 is 23.6 Å². The lowest BCUT2D eigenvalue weighted by molar-refractivity contribution is -0.131. The van der Waals surface area contributed by atoms with Gasteiger partial charge in [0.1, 0.15) is 23.9 Å². The highest BCUT2D eigenvalue weighted by molar-refractivity contribution is 6.32. The van der Waals surface area contributed by atoms with Gasteiger partial charge in [0.25, 0.3) is 0 Å². The number of methoxy groups -OCH3 is 1. The maximum absolute atomic E-state index is 13.0. The van der Waals surface area contributed by atoms with Crippen molar-refractivity contribution in [1.82, 2.24) is 0 Å². The molecule has 0 saturated carbocycles. The minimum Gasteiger partial charge on any atom is -0.496 e. The molecular weight excluding hydrogens is 323 g/mol. The van der Waals surface area contributed by atoms with Crippen LogP contribution in [0.4, 0.5) is 4.39 Å². The first-order valence-electron chi connectivity index (χ1n) is 6.65. The molecule has 120 valence electrons. The molecule has 0 bridgehead atoms. The highest BCUT2D eigenvalue weighted by Gasteiger charge is 2.08. The number of ether oxygens (including phenoxy) is 2. The van der Waals surface area contributed by atoms with E-state index < -0.39 is 11.8 Å². The first-order valence-corrected chi connectivity index (χ1v) is 7.03. The predicted molar refractivity (Wildman–Crippen MR) is 85.4 cm³/mol. The highest BCUT2D eigenvalue weighted by Crippen LogP contribution is 2.28. The second-order valence-electron chi connectivity index (χ2n) is 4.61. The van der Waals surface area contributed by atoms with Crippen molar-refractivity contribution in [3.05, 3.63) is 64.4 Å². The lowest BCUT2D eigenvalue weighted by Crippen LogP contribution is -2.00. The van der Waals surface area contributed by atoms with Gasteiger partial charge in [-0.2, -0.15) is 0 Å². The van der Waals surface area contributed by atoms with Crippen LogP contribution in [0.2, 0.25) is 5.02 Å². The Bertz CT molecular complexity index is 743. The monoisotopic (exact) mass is 336 g/mol. The van der Waals surface area contributed by atoms with E-state index in [1.165, 1.54) is 31.4 Å². The Morgan fingerprint density at radius 3 is 2.65 bits per heavy atom.